The lowest BCUT2D eigenvalue weighted by atomic mass is 10.0. The number of hydrogen-bond donors (Lipinski definition) is 2. The van der Waals surface area contributed by atoms with Gasteiger partial charge in [0.1, 0.15) is 10.7 Å². The zero-order valence-corrected chi connectivity index (χ0v) is 12.2. The van der Waals surface area contributed by atoms with E-state index in [1.54, 1.807) is 6.07 Å². The molecule has 0 aromatic carbocycles. The van der Waals surface area contributed by atoms with Crippen LogP contribution in [0.2, 0.25) is 0 Å². The van der Waals surface area contributed by atoms with Gasteiger partial charge in [-0.05, 0) is 25.8 Å². The van der Waals surface area contributed by atoms with Crippen molar-refractivity contribution in [1.29, 1.82) is 0 Å². The third-order valence-corrected chi connectivity index (χ3v) is 3.71. The molecule has 104 valence electrons. The summed E-state index contributed by atoms with van der Waals surface area (Å²) in [5.41, 5.74) is 6.38. The van der Waals surface area contributed by atoms with Gasteiger partial charge in [0.05, 0.1) is 5.60 Å². The summed E-state index contributed by atoms with van der Waals surface area (Å²) in [7, 11) is 1.88. The molecule has 2 rings (SSSR count). The fourth-order valence-corrected chi connectivity index (χ4v) is 2.66. The number of aryl methyl sites for hydroxylation is 1. The van der Waals surface area contributed by atoms with Crippen LogP contribution in [0.1, 0.15) is 37.1 Å². The lowest BCUT2D eigenvalue weighted by Gasteiger charge is -2.28. The van der Waals surface area contributed by atoms with E-state index in [4.69, 9.17) is 18.0 Å². The number of hydrogen-bond acceptors (Lipinski definition) is 5. The maximum atomic E-state index is 10.4. The molecule has 1 aromatic rings. The number of aliphatic hydroxyl groups is 1. The maximum absolute atomic E-state index is 10.4. The smallest absolute Gasteiger partial charge is 0.226 e. The van der Waals surface area contributed by atoms with E-state index in [2.05, 4.69) is 9.97 Å². The summed E-state index contributed by atoms with van der Waals surface area (Å²) in [6.07, 6.45) is 3.84. The number of thiocarbonyl (C=S) groups is 1. The maximum Gasteiger partial charge on any atom is 0.226 e. The molecule has 0 aliphatic heterocycles. The zero-order valence-electron chi connectivity index (χ0n) is 11.4. The van der Waals surface area contributed by atoms with E-state index in [1.807, 2.05) is 18.9 Å². The van der Waals surface area contributed by atoms with E-state index in [-0.39, 0.29) is 4.99 Å². The first-order chi connectivity index (χ1) is 8.89. The molecular formula is C13H20N4OS. The first-order valence-corrected chi connectivity index (χ1v) is 6.89. The molecular weight excluding hydrogens is 260 g/mol. The average Bonchev–Trinajstić information content (AvgIpc) is 2.74. The number of rotatable bonds is 4. The molecule has 0 radical (unpaired) electrons. The second kappa shape index (κ2) is 5.38. The molecule has 0 saturated heterocycles. The first-order valence-electron chi connectivity index (χ1n) is 6.49. The lowest BCUT2D eigenvalue weighted by molar-refractivity contribution is 0.0556. The molecule has 0 atom stereocenters. The number of aromatic nitrogens is 2. The van der Waals surface area contributed by atoms with E-state index < -0.39 is 5.60 Å². The van der Waals surface area contributed by atoms with Crippen molar-refractivity contribution < 1.29 is 5.11 Å². The minimum Gasteiger partial charge on any atom is -0.388 e. The normalized spacial score (nSPS) is 17.4. The standard InChI is InChI=1S/C13H20N4OS/c1-9-7-10(11(14)19)16-12(15-9)17(2)8-13(18)5-3-4-6-13/h7,18H,3-6,8H2,1-2H3,(H2,14,19). The summed E-state index contributed by atoms with van der Waals surface area (Å²) < 4.78 is 0. The van der Waals surface area contributed by atoms with Crippen LogP contribution in [0.3, 0.4) is 0 Å². The molecule has 3 N–H and O–H groups in total. The number of anilines is 1. The predicted octanol–water partition coefficient (Wildman–Crippen LogP) is 1.16. The molecule has 0 bridgehead atoms. The largest absolute Gasteiger partial charge is 0.388 e. The van der Waals surface area contributed by atoms with E-state index in [9.17, 15) is 5.11 Å². The monoisotopic (exact) mass is 280 g/mol. The van der Waals surface area contributed by atoms with Crippen LogP contribution >= 0.6 is 12.2 Å². The predicted molar refractivity (Wildman–Crippen MR) is 79.3 cm³/mol. The number of nitrogens with zero attached hydrogens (tertiary/aromatic N) is 3. The van der Waals surface area contributed by atoms with E-state index in [1.165, 1.54) is 0 Å². The van der Waals surface area contributed by atoms with Gasteiger partial charge in [0.25, 0.3) is 0 Å². The molecule has 5 nitrogen and oxygen atoms in total. The molecule has 1 saturated carbocycles. The Hall–Kier alpha value is -1.27. The molecule has 1 aromatic heterocycles. The molecule has 1 aliphatic rings. The van der Waals surface area contributed by atoms with Crippen molar-refractivity contribution >= 4 is 23.2 Å². The Balaban J connectivity index is 2.18. The molecule has 1 aliphatic carbocycles. The van der Waals surface area contributed by atoms with Gasteiger partial charge in [-0.1, -0.05) is 25.1 Å². The summed E-state index contributed by atoms with van der Waals surface area (Å²) in [6, 6.07) is 1.77. The van der Waals surface area contributed by atoms with Crippen molar-refractivity contribution in [2.45, 2.75) is 38.2 Å². The third-order valence-electron chi connectivity index (χ3n) is 3.50. The van der Waals surface area contributed by atoms with Gasteiger partial charge in [0.2, 0.25) is 5.95 Å². The minimum absolute atomic E-state index is 0.264. The van der Waals surface area contributed by atoms with Crippen molar-refractivity contribution in [1.82, 2.24) is 9.97 Å². The van der Waals surface area contributed by atoms with Gasteiger partial charge in [-0.2, -0.15) is 0 Å². The highest BCUT2D eigenvalue weighted by atomic mass is 32.1. The highest BCUT2D eigenvalue weighted by Crippen LogP contribution is 2.30. The van der Waals surface area contributed by atoms with Crippen LogP contribution in [-0.4, -0.2) is 39.3 Å². The van der Waals surface area contributed by atoms with Crippen LogP contribution in [0.15, 0.2) is 6.07 Å². The fourth-order valence-electron chi connectivity index (χ4n) is 2.55. The Morgan fingerprint density at radius 2 is 2.11 bits per heavy atom. The van der Waals surface area contributed by atoms with Gasteiger partial charge in [-0.3, -0.25) is 0 Å². The zero-order chi connectivity index (χ0) is 14.0. The van der Waals surface area contributed by atoms with Crippen molar-refractivity contribution in [3.05, 3.63) is 17.5 Å². The molecule has 19 heavy (non-hydrogen) atoms. The highest BCUT2D eigenvalue weighted by Gasteiger charge is 2.32. The average molecular weight is 280 g/mol. The van der Waals surface area contributed by atoms with Crippen molar-refractivity contribution in [2.24, 2.45) is 5.73 Å². The van der Waals surface area contributed by atoms with Crippen molar-refractivity contribution in [3.63, 3.8) is 0 Å². The highest BCUT2D eigenvalue weighted by molar-refractivity contribution is 7.80. The number of likely N-dealkylation sites (N-methyl/N-ethyl adjacent to an activating group) is 1. The summed E-state index contributed by atoms with van der Waals surface area (Å²) in [6.45, 7) is 2.41. The molecule has 1 fully saturated rings. The Morgan fingerprint density at radius 3 is 2.68 bits per heavy atom. The quantitative estimate of drug-likeness (QED) is 0.806. The lowest BCUT2D eigenvalue weighted by Crippen LogP contribution is -2.40. The van der Waals surface area contributed by atoms with Gasteiger partial charge in [0, 0.05) is 19.3 Å². The third kappa shape index (κ3) is 3.39. The second-order valence-electron chi connectivity index (χ2n) is 5.35. The molecule has 0 unspecified atom stereocenters. The van der Waals surface area contributed by atoms with Crippen LogP contribution in [-0.2, 0) is 0 Å². The molecule has 6 heteroatoms. The second-order valence-corrected chi connectivity index (χ2v) is 5.79. The van der Waals surface area contributed by atoms with Gasteiger partial charge >= 0.3 is 0 Å². The molecule has 0 spiro atoms. The fraction of sp³-hybridized carbons (Fsp3) is 0.615. The summed E-state index contributed by atoms with van der Waals surface area (Å²) in [5.74, 6) is 0.558. The van der Waals surface area contributed by atoms with Gasteiger partial charge < -0.3 is 15.7 Å². The SMILES string of the molecule is Cc1cc(C(N)=S)nc(N(C)CC2(O)CCCC2)n1. The van der Waals surface area contributed by atoms with Crippen molar-refractivity contribution in [3.8, 4) is 0 Å². The van der Waals surface area contributed by atoms with Crippen LogP contribution in [0, 0.1) is 6.92 Å². The topological polar surface area (TPSA) is 75.3 Å². The van der Waals surface area contributed by atoms with Crippen LogP contribution in [0.5, 0.6) is 0 Å². The van der Waals surface area contributed by atoms with Gasteiger partial charge in [-0.15, -0.1) is 0 Å². The van der Waals surface area contributed by atoms with Crippen LogP contribution in [0.25, 0.3) is 0 Å². The van der Waals surface area contributed by atoms with Gasteiger partial charge in [-0.25, -0.2) is 9.97 Å². The first kappa shape index (κ1) is 14.1. The molecule has 0 amide bonds. The van der Waals surface area contributed by atoms with E-state index >= 15 is 0 Å². The minimum atomic E-state index is -0.620. The van der Waals surface area contributed by atoms with E-state index in [0.29, 0.717) is 18.2 Å². The van der Waals surface area contributed by atoms with Crippen LogP contribution in [0.4, 0.5) is 5.95 Å². The summed E-state index contributed by atoms with van der Waals surface area (Å²) >= 11 is 4.95. The summed E-state index contributed by atoms with van der Waals surface area (Å²) in [4.78, 5) is 10.9. The summed E-state index contributed by atoms with van der Waals surface area (Å²) in [5, 5.41) is 10.4. The Kier molecular flexibility index (Phi) is 4.01. The Morgan fingerprint density at radius 1 is 1.47 bits per heavy atom. The molecule has 1 heterocycles. The van der Waals surface area contributed by atoms with E-state index in [0.717, 1.165) is 31.4 Å². The number of nitrogens with two attached hydrogens (primary N) is 1. The van der Waals surface area contributed by atoms with Crippen LogP contribution < -0.4 is 10.6 Å². The van der Waals surface area contributed by atoms with Gasteiger partial charge in [0.15, 0.2) is 0 Å². The van der Waals surface area contributed by atoms with Crippen molar-refractivity contribution in [2.75, 3.05) is 18.5 Å². The Bertz CT molecular complexity index is 486. The Labute approximate surface area is 118 Å².